The maximum atomic E-state index is 10.1. The summed E-state index contributed by atoms with van der Waals surface area (Å²) in [5.74, 6) is 0. The fourth-order valence-corrected chi connectivity index (χ4v) is 3.38. The molecular weight excluding hydrogens is 198 g/mol. The molecule has 94 valence electrons. The van der Waals surface area contributed by atoms with Gasteiger partial charge in [0.05, 0.1) is 6.10 Å². The first kappa shape index (κ1) is 12.4. The molecule has 2 heteroatoms. The summed E-state index contributed by atoms with van der Waals surface area (Å²) in [6.07, 6.45) is 9.77. The number of aliphatic hydroxyl groups excluding tert-OH is 1. The maximum absolute atomic E-state index is 10.1. The van der Waals surface area contributed by atoms with Gasteiger partial charge in [-0.05, 0) is 31.1 Å². The monoisotopic (exact) mass is 225 g/mol. The summed E-state index contributed by atoms with van der Waals surface area (Å²) in [4.78, 5) is 0. The van der Waals surface area contributed by atoms with Crippen molar-refractivity contribution in [2.24, 2.45) is 5.41 Å². The number of aliphatic hydroxyl groups is 1. The van der Waals surface area contributed by atoms with Crippen molar-refractivity contribution >= 4 is 0 Å². The molecule has 0 saturated heterocycles. The zero-order valence-corrected chi connectivity index (χ0v) is 10.8. The number of rotatable bonds is 2. The molecule has 0 aromatic heterocycles. The summed E-state index contributed by atoms with van der Waals surface area (Å²) in [6.45, 7) is 4.72. The Kier molecular flexibility index (Phi) is 3.91. The van der Waals surface area contributed by atoms with Gasteiger partial charge in [0.25, 0.3) is 0 Å². The van der Waals surface area contributed by atoms with Gasteiger partial charge < -0.3 is 10.4 Å². The van der Waals surface area contributed by atoms with Crippen molar-refractivity contribution < 1.29 is 5.11 Å². The minimum absolute atomic E-state index is 0.112. The van der Waals surface area contributed by atoms with Gasteiger partial charge in [-0.25, -0.2) is 0 Å². The van der Waals surface area contributed by atoms with Gasteiger partial charge in [-0.15, -0.1) is 0 Å². The Morgan fingerprint density at radius 3 is 2.44 bits per heavy atom. The third kappa shape index (κ3) is 2.78. The van der Waals surface area contributed by atoms with Crippen LogP contribution in [0.15, 0.2) is 0 Å². The molecule has 0 bridgehead atoms. The van der Waals surface area contributed by atoms with Gasteiger partial charge >= 0.3 is 0 Å². The van der Waals surface area contributed by atoms with E-state index in [4.69, 9.17) is 0 Å². The van der Waals surface area contributed by atoms with Crippen molar-refractivity contribution in [3.05, 3.63) is 0 Å². The van der Waals surface area contributed by atoms with Crippen LogP contribution >= 0.6 is 0 Å². The van der Waals surface area contributed by atoms with Gasteiger partial charge in [0, 0.05) is 12.1 Å². The molecule has 2 saturated carbocycles. The summed E-state index contributed by atoms with van der Waals surface area (Å²) in [7, 11) is 0. The van der Waals surface area contributed by atoms with E-state index in [0.29, 0.717) is 17.5 Å². The van der Waals surface area contributed by atoms with E-state index in [0.717, 1.165) is 12.8 Å². The average Bonchev–Trinajstić information content (AvgIpc) is 2.43. The van der Waals surface area contributed by atoms with Crippen molar-refractivity contribution in [2.45, 2.75) is 83.4 Å². The molecule has 2 fully saturated rings. The SMILES string of the molecule is CC1(C)CCCC1NC1CCCCCC1O. The molecule has 3 unspecified atom stereocenters. The predicted molar refractivity (Wildman–Crippen MR) is 67.4 cm³/mol. The van der Waals surface area contributed by atoms with E-state index in [1.54, 1.807) is 0 Å². The number of nitrogens with one attached hydrogen (secondary N) is 1. The normalized spacial score (nSPS) is 39.6. The largest absolute Gasteiger partial charge is 0.392 e. The van der Waals surface area contributed by atoms with E-state index in [-0.39, 0.29) is 6.10 Å². The van der Waals surface area contributed by atoms with E-state index in [1.165, 1.54) is 38.5 Å². The molecule has 2 aliphatic carbocycles. The minimum atomic E-state index is -0.112. The zero-order chi connectivity index (χ0) is 11.6. The molecule has 16 heavy (non-hydrogen) atoms. The van der Waals surface area contributed by atoms with Crippen LogP contribution in [0.5, 0.6) is 0 Å². The molecular formula is C14H27NO. The second-order valence-electron chi connectivity index (χ2n) is 6.41. The van der Waals surface area contributed by atoms with Crippen LogP contribution in [0.1, 0.15) is 65.2 Å². The van der Waals surface area contributed by atoms with Crippen LogP contribution in [-0.2, 0) is 0 Å². The third-order valence-corrected chi connectivity index (χ3v) is 4.65. The maximum Gasteiger partial charge on any atom is 0.0693 e. The van der Waals surface area contributed by atoms with E-state index < -0.39 is 0 Å². The summed E-state index contributed by atoms with van der Waals surface area (Å²) in [5.41, 5.74) is 0.423. The lowest BCUT2D eigenvalue weighted by atomic mass is 9.86. The molecule has 0 radical (unpaired) electrons. The van der Waals surface area contributed by atoms with Crippen LogP contribution in [0.4, 0.5) is 0 Å². The van der Waals surface area contributed by atoms with Crippen LogP contribution in [0.2, 0.25) is 0 Å². The van der Waals surface area contributed by atoms with Crippen molar-refractivity contribution in [1.82, 2.24) is 5.32 Å². The van der Waals surface area contributed by atoms with Gasteiger partial charge in [-0.2, -0.15) is 0 Å². The lowest BCUT2D eigenvalue weighted by molar-refractivity contribution is 0.103. The second kappa shape index (κ2) is 5.05. The first-order chi connectivity index (χ1) is 7.59. The Morgan fingerprint density at radius 1 is 1.00 bits per heavy atom. The number of hydrogen-bond donors (Lipinski definition) is 2. The van der Waals surface area contributed by atoms with Crippen LogP contribution in [0.25, 0.3) is 0 Å². The van der Waals surface area contributed by atoms with Gasteiger partial charge in [0.1, 0.15) is 0 Å². The molecule has 2 N–H and O–H groups in total. The first-order valence-corrected chi connectivity index (χ1v) is 7.04. The Labute approximate surface area is 99.8 Å². The van der Waals surface area contributed by atoms with Crippen LogP contribution in [0, 0.1) is 5.41 Å². The molecule has 0 heterocycles. The topological polar surface area (TPSA) is 32.3 Å². The molecule has 2 rings (SSSR count). The van der Waals surface area contributed by atoms with Crippen molar-refractivity contribution in [2.75, 3.05) is 0 Å². The van der Waals surface area contributed by atoms with Crippen LogP contribution < -0.4 is 5.32 Å². The van der Waals surface area contributed by atoms with E-state index in [2.05, 4.69) is 19.2 Å². The summed E-state index contributed by atoms with van der Waals surface area (Å²) in [5, 5.41) is 13.9. The quantitative estimate of drug-likeness (QED) is 0.708. The molecule has 0 spiro atoms. The van der Waals surface area contributed by atoms with E-state index in [9.17, 15) is 5.11 Å². The fraction of sp³-hybridized carbons (Fsp3) is 1.00. The van der Waals surface area contributed by atoms with Crippen molar-refractivity contribution in [3.63, 3.8) is 0 Å². The van der Waals surface area contributed by atoms with Crippen LogP contribution in [-0.4, -0.2) is 23.3 Å². The Hall–Kier alpha value is -0.0800. The van der Waals surface area contributed by atoms with Gasteiger partial charge in [-0.1, -0.05) is 39.5 Å². The van der Waals surface area contributed by atoms with Crippen molar-refractivity contribution in [1.29, 1.82) is 0 Å². The molecule has 0 amide bonds. The molecule has 0 aliphatic heterocycles. The van der Waals surface area contributed by atoms with E-state index >= 15 is 0 Å². The third-order valence-electron chi connectivity index (χ3n) is 4.65. The highest BCUT2D eigenvalue weighted by atomic mass is 16.3. The highest BCUT2D eigenvalue weighted by Gasteiger charge is 2.36. The second-order valence-corrected chi connectivity index (χ2v) is 6.41. The smallest absolute Gasteiger partial charge is 0.0693 e. The fourth-order valence-electron chi connectivity index (χ4n) is 3.38. The predicted octanol–water partition coefficient (Wildman–Crippen LogP) is 2.85. The highest BCUT2D eigenvalue weighted by Crippen LogP contribution is 2.38. The number of hydrogen-bond acceptors (Lipinski definition) is 2. The summed E-state index contributed by atoms with van der Waals surface area (Å²) < 4.78 is 0. The summed E-state index contributed by atoms with van der Waals surface area (Å²) >= 11 is 0. The Balaban J connectivity index is 1.92. The standard InChI is InChI=1S/C14H27NO/c1-14(2)10-6-9-13(14)15-11-7-4-3-5-8-12(11)16/h11-13,15-16H,3-10H2,1-2H3. The Bertz CT molecular complexity index is 227. The molecule has 0 aromatic rings. The molecule has 2 nitrogen and oxygen atoms in total. The zero-order valence-electron chi connectivity index (χ0n) is 10.8. The first-order valence-electron chi connectivity index (χ1n) is 7.04. The van der Waals surface area contributed by atoms with Gasteiger partial charge in [-0.3, -0.25) is 0 Å². The van der Waals surface area contributed by atoms with Crippen LogP contribution in [0.3, 0.4) is 0 Å². The molecule has 0 aromatic carbocycles. The molecule has 3 atom stereocenters. The van der Waals surface area contributed by atoms with Gasteiger partial charge in [0.2, 0.25) is 0 Å². The molecule has 2 aliphatic rings. The minimum Gasteiger partial charge on any atom is -0.392 e. The van der Waals surface area contributed by atoms with Crippen molar-refractivity contribution in [3.8, 4) is 0 Å². The lowest BCUT2D eigenvalue weighted by Gasteiger charge is -2.33. The van der Waals surface area contributed by atoms with E-state index in [1.807, 2.05) is 0 Å². The Morgan fingerprint density at radius 2 is 1.75 bits per heavy atom. The highest BCUT2D eigenvalue weighted by molar-refractivity contribution is 4.93. The average molecular weight is 225 g/mol. The lowest BCUT2D eigenvalue weighted by Crippen LogP contribution is -2.48. The van der Waals surface area contributed by atoms with Gasteiger partial charge in [0.15, 0.2) is 0 Å². The summed E-state index contributed by atoms with van der Waals surface area (Å²) in [6, 6.07) is 0.968.